The molecule has 0 radical (unpaired) electrons. The molecule has 6 nitrogen and oxygen atoms in total. The second-order valence-corrected chi connectivity index (χ2v) is 2.69. The molecule has 78 valence electrons. The van der Waals surface area contributed by atoms with Crippen molar-refractivity contribution in [2.45, 2.75) is 6.54 Å². The molecule has 1 amide bonds. The van der Waals surface area contributed by atoms with Crippen LogP contribution in [0.3, 0.4) is 0 Å². The van der Waals surface area contributed by atoms with E-state index >= 15 is 0 Å². The van der Waals surface area contributed by atoms with Crippen LogP contribution in [-0.2, 0) is 16.1 Å². The summed E-state index contributed by atoms with van der Waals surface area (Å²) in [5.41, 5.74) is 6.05. The number of H-pyrrole nitrogens is 1. The van der Waals surface area contributed by atoms with E-state index in [0.29, 0.717) is 19.7 Å². The van der Waals surface area contributed by atoms with Gasteiger partial charge in [-0.1, -0.05) is 0 Å². The fraction of sp³-hybridized carbons (Fsp3) is 0.500. The van der Waals surface area contributed by atoms with Crippen LogP contribution in [0.5, 0.6) is 0 Å². The number of hydrogen-bond donors (Lipinski definition) is 3. The first-order valence-corrected chi connectivity index (χ1v) is 4.34. The predicted octanol–water partition coefficient (Wildman–Crippen LogP) is -0.999. The van der Waals surface area contributed by atoms with E-state index in [1.807, 2.05) is 0 Å². The standard InChI is InChI=1S/C8H14N4O2/c9-1-2-14-5-8(13)11-4-7-3-10-6-12-7/h3,6H,1-2,4-5,9H2,(H,10,12)(H,11,13). The summed E-state index contributed by atoms with van der Waals surface area (Å²) in [5.74, 6) is -0.159. The van der Waals surface area contributed by atoms with E-state index in [-0.39, 0.29) is 12.5 Å². The van der Waals surface area contributed by atoms with E-state index < -0.39 is 0 Å². The fourth-order valence-corrected chi connectivity index (χ4v) is 0.874. The number of carbonyl (C=O) groups is 1. The Balaban J connectivity index is 2.09. The topological polar surface area (TPSA) is 93.0 Å². The quantitative estimate of drug-likeness (QED) is 0.511. The Bertz CT molecular complexity index is 260. The molecule has 0 bridgehead atoms. The highest BCUT2D eigenvalue weighted by Gasteiger charge is 2.00. The third kappa shape index (κ3) is 4.01. The van der Waals surface area contributed by atoms with Gasteiger partial charge in [0.05, 0.1) is 25.2 Å². The maximum atomic E-state index is 11.1. The summed E-state index contributed by atoms with van der Waals surface area (Å²) < 4.78 is 4.95. The van der Waals surface area contributed by atoms with E-state index in [9.17, 15) is 4.79 Å². The Hall–Kier alpha value is -1.40. The molecule has 0 fully saturated rings. The van der Waals surface area contributed by atoms with Gasteiger partial charge < -0.3 is 20.8 Å². The number of imidazole rings is 1. The first kappa shape index (κ1) is 10.7. The van der Waals surface area contributed by atoms with Gasteiger partial charge in [0.2, 0.25) is 5.91 Å². The highest BCUT2D eigenvalue weighted by molar-refractivity contribution is 5.77. The van der Waals surface area contributed by atoms with Crippen LogP contribution < -0.4 is 11.1 Å². The number of carbonyl (C=O) groups excluding carboxylic acids is 1. The predicted molar refractivity (Wildman–Crippen MR) is 50.3 cm³/mol. The fourth-order valence-electron chi connectivity index (χ4n) is 0.874. The summed E-state index contributed by atoms with van der Waals surface area (Å²) in [6.07, 6.45) is 3.22. The molecule has 1 aromatic heterocycles. The highest BCUT2D eigenvalue weighted by Crippen LogP contribution is 1.88. The molecule has 0 atom stereocenters. The number of hydrogen-bond acceptors (Lipinski definition) is 4. The number of amides is 1. The van der Waals surface area contributed by atoms with Crippen LogP contribution >= 0.6 is 0 Å². The first-order valence-electron chi connectivity index (χ1n) is 4.34. The SMILES string of the molecule is NCCOCC(=O)NCc1cnc[nH]1. The lowest BCUT2D eigenvalue weighted by Gasteiger charge is -2.03. The second-order valence-electron chi connectivity index (χ2n) is 2.69. The maximum absolute atomic E-state index is 11.1. The van der Waals surface area contributed by atoms with Crippen molar-refractivity contribution in [1.82, 2.24) is 15.3 Å². The van der Waals surface area contributed by atoms with Crippen LogP contribution in [0.15, 0.2) is 12.5 Å². The summed E-state index contributed by atoms with van der Waals surface area (Å²) in [7, 11) is 0. The summed E-state index contributed by atoms with van der Waals surface area (Å²) in [6.45, 7) is 1.31. The Morgan fingerprint density at radius 1 is 1.71 bits per heavy atom. The van der Waals surface area contributed by atoms with E-state index in [2.05, 4.69) is 15.3 Å². The molecule has 0 aliphatic rings. The molecule has 0 aliphatic carbocycles. The van der Waals surface area contributed by atoms with Crippen LogP contribution in [-0.4, -0.2) is 35.6 Å². The molecule has 4 N–H and O–H groups in total. The Kier molecular flexibility index (Phi) is 4.66. The van der Waals surface area contributed by atoms with Crippen molar-refractivity contribution in [3.8, 4) is 0 Å². The van der Waals surface area contributed by atoms with E-state index in [1.165, 1.54) is 0 Å². The van der Waals surface area contributed by atoms with Gasteiger partial charge in [0, 0.05) is 12.7 Å². The molecule has 14 heavy (non-hydrogen) atoms. The Morgan fingerprint density at radius 3 is 3.21 bits per heavy atom. The van der Waals surface area contributed by atoms with Gasteiger partial charge in [0.25, 0.3) is 0 Å². The molecule has 6 heteroatoms. The molecule has 0 aliphatic heterocycles. The summed E-state index contributed by atoms with van der Waals surface area (Å²) >= 11 is 0. The number of ether oxygens (including phenoxy) is 1. The molecule has 0 spiro atoms. The lowest BCUT2D eigenvalue weighted by atomic mass is 10.4. The molecule has 1 rings (SSSR count). The number of nitrogens with zero attached hydrogens (tertiary/aromatic N) is 1. The van der Waals surface area contributed by atoms with Gasteiger partial charge in [-0.25, -0.2) is 4.98 Å². The zero-order valence-corrected chi connectivity index (χ0v) is 7.82. The summed E-state index contributed by atoms with van der Waals surface area (Å²) in [4.78, 5) is 17.8. The molecule has 1 aromatic rings. The largest absolute Gasteiger partial charge is 0.370 e. The van der Waals surface area contributed by atoms with Gasteiger partial charge >= 0.3 is 0 Å². The first-order chi connectivity index (χ1) is 6.83. The van der Waals surface area contributed by atoms with Crippen molar-refractivity contribution in [1.29, 1.82) is 0 Å². The molecule has 0 saturated heterocycles. The van der Waals surface area contributed by atoms with Gasteiger partial charge in [-0.15, -0.1) is 0 Å². The van der Waals surface area contributed by atoms with E-state index in [4.69, 9.17) is 10.5 Å². The van der Waals surface area contributed by atoms with Crippen molar-refractivity contribution in [2.24, 2.45) is 5.73 Å². The molecule has 0 saturated carbocycles. The number of aromatic nitrogens is 2. The van der Waals surface area contributed by atoms with E-state index in [1.54, 1.807) is 12.5 Å². The van der Waals surface area contributed by atoms with Crippen molar-refractivity contribution >= 4 is 5.91 Å². The second kappa shape index (κ2) is 6.11. The Morgan fingerprint density at radius 2 is 2.57 bits per heavy atom. The van der Waals surface area contributed by atoms with Gasteiger partial charge in [0.15, 0.2) is 0 Å². The van der Waals surface area contributed by atoms with Crippen LogP contribution in [0.4, 0.5) is 0 Å². The zero-order chi connectivity index (χ0) is 10.2. The monoisotopic (exact) mass is 198 g/mol. The minimum absolute atomic E-state index is 0.0470. The minimum Gasteiger partial charge on any atom is -0.370 e. The van der Waals surface area contributed by atoms with E-state index in [0.717, 1.165) is 5.69 Å². The van der Waals surface area contributed by atoms with Crippen LogP contribution in [0.25, 0.3) is 0 Å². The average molecular weight is 198 g/mol. The number of rotatable bonds is 6. The van der Waals surface area contributed by atoms with Crippen LogP contribution in [0, 0.1) is 0 Å². The van der Waals surface area contributed by atoms with Gasteiger partial charge in [-0.05, 0) is 0 Å². The lowest BCUT2D eigenvalue weighted by Crippen LogP contribution is -2.28. The van der Waals surface area contributed by atoms with Gasteiger partial charge in [-0.3, -0.25) is 4.79 Å². The molecule has 0 aromatic carbocycles. The van der Waals surface area contributed by atoms with Gasteiger partial charge in [-0.2, -0.15) is 0 Å². The summed E-state index contributed by atoms with van der Waals surface area (Å²) in [6, 6.07) is 0. The van der Waals surface area contributed by atoms with Crippen molar-refractivity contribution in [3.05, 3.63) is 18.2 Å². The average Bonchev–Trinajstić information content (AvgIpc) is 2.68. The lowest BCUT2D eigenvalue weighted by molar-refractivity contribution is -0.125. The van der Waals surface area contributed by atoms with Crippen molar-refractivity contribution < 1.29 is 9.53 Å². The summed E-state index contributed by atoms with van der Waals surface area (Å²) in [5, 5.41) is 2.67. The van der Waals surface area contributed by atoms with Crippen molar-refractivity contribution in [3.63, 3.8) is 0 Å². The number of aromatic amines is 1. The maximum Gasteiger partial charge on any atom is 0.246 e. The van der Waals surface area contributed by atoms with Crippen molar-refractivity contribution in [2.75, 3.05) is 19.8 Å². The normalized spacial score (nSPS) is 10.1. The highest BCUT2D eigenvalue weighted by atomic mass is 16.5. The zero-order valence-electron chi connectivity index (χ0n) is 7.82. The smallest absolute Gasteiger partial charge is 0.246 e. The van der Waals surface area contributed by atoms with Crippen LogP contribution in [0.1, 0.15) is 5.69 Å². The third-order valence-corrected chi connectivity index (χ3v) is 1.53. The number of nitrogens with two attached hydrogens (primary N) is 1. The van der Waals surface area contributed by atoms with Crippen LogP contribution in [0.2, 0.25) is 0 Å². The molecular weight excluding hydrogens is 184 g/mol. The third-order valence-electron chi connectivity index (χ3n) is 1.53. The minimum atomic E-state index is -0.159. The Labute approximate surface area is 81.8 Å². The molecular formula is C8H14N4O2. The number of nitrogens with one attached hydrogen (secondary N) is 2. The molecule has 1 heterocycles. The molecule has 0 unspecified atom stereocenters. The van der Waals surface area contributed by atoms with Gasteiger partial charge in [0.1, 0.15) is 6.61 Å².